The van der Waals surface area contributed by atoms with Gasteiger partial charge in [0.05, 0.1) is 0 Å². The number of aryl methyl sites for hydroxylation is 3. The minimum atomic E-state index is -4.35. The van der Waals surface area contributed by atoms with E-state index in [4.69, 9.17) is 0 Å². The highest BCUT2D eigenvalue weighted by atomic mass is 19.4. The summed E-state index contributed by atoms with van der Waals surface area (Å²) in [7, 11) is 0. The quantitative estimate of drug-likeness (QED) is 0.586. The van der Waals surface area contributed by atoms with Crippen LogP contribution in [0.15, 0.2) is 36.4 Å². The number of aromatic nitrogens is 1. The van der Waals surface area contributed by atoms with E-state index in [0.717, 1.165) is 22.3 Å². The summed E-state index contributed by atoms with van der Waals surface area (Å²) < 4.78 is 38.5. The molecule has 1 heterocycles. The first-order valence-corrected chi connectivity index (χ1v) is 7.04. The molecule has 3 rings (SSSR count). The monoisotopic (exact) mass is 303 g/mol. The van der Waals surface area contributed by atoms with Gasteiger partial charge in [-0.15, -0.1) is 0 Å². The van der Waals surface area contributed by atoms with Crippen LogP contribution >= 0.6 is 0 Å². The molecule has 0 radical (unpaired) electrons. The molecule has 0 aliphatic carbocycles. The van der Waals surface area contributed by atoms with Gasteiger partial charge in [-0.25, -0.2) is 0 Å². The number of H-pyrrole nitrogens is 1. The summed E-state index contributed by atoms with van der Waals surface area (Å²) in [6.07, 6.45) is -4.35. The Labute approximate surface area is 126 Å². The summed E-state index contributed by atoms with van der Waals surface area (Å²) in [6, 6.07) is 10.9. The molecule has 4 heteroatoms. The molecule has 114 valence electrons. The van der Waals surface area contributed by atoms with E-state index in [0.29, 0.717) is 10.9 Å². The van der Waals surface area contributed by atoms with Gasteiger partial charge in [0.2, 0.25) is 0 Å². The van der Waals surface area contributed by atoms with Crippen LogP contribution in [0.1, 0.15) is 22.4 Å². The van der Waals surface area contributed by atoms with Crippen molar-refractivity contribution >= 4 is 10.9 Å². The van der Waals surface area contributed by atoms with Crippen molar-refractivity contribution in [2.75, 3.05) is 0 Å². The van der Waals surface area contributed by atoms with Crippen LogP contribution in [0.4, 0.5) is 13.2 Å². The van der Waals surface area contributed by atoms with Gasteiger partial charge in [0.15, 0.2) is 0 Å². The molecule has 3 aromatic rings. The van der Waals surface area contributed by atoms with Gasteiger partial charge in [-0.05, 0) is 61.2 Å². The maximum atomic E-state index is 12.8. The molecule has 1 aromatic heterocycles. The molecule has 22 heavy (non-hydrogen) atoms. The summed E-state index contributed by atoms with van der Waals surface area (Å²) in [4.78, 5) is 2.45. The summed E-state index contributed by atoms with van der Waals surface area (Å²) in [5.74, 6) is 0. The topological polar surface area (TPSA) is 15.8 Å². The zero-order valence-electron chi connectivity index (χ0n) is 12.6. The molecule has 0 aliphatic heterocycles. The lowest BCUT2D eigenvalue weighted by Crippen LogP contribution is -2.04. The molecule has 0 bridgehead atoms. The molecule has 1 nitrogen and oxygen atoms in total. The van der Waals surface area contributed by atoms with Crippen molar-refractivity contribution < 1.29 is 13.2 Å². The fourth-order valence-electron chi connectivity index (χ4n) is 2.85. The summed E-state index contributed by atoms with van der Waals surface area (Å²) in [5, 5.41) is 0.577. The summed E-state index contributed by atoms with van der Waals surface area (Å²) >= 11 is 0. The van der Waals surface area contributed by atoms with Crippen molar-refractivity contribution in [3.8, 4) is 11.1 Å². The zero-order valence-corrected chi connectivity index (χ0v) is 12.6. The van der Waals surface area contributed by atoms with E-state index >= 15 is 0 Å². The second-order valence-electron chi connectivity index (χ2n) is 5.75. The maximum Gasteiger partial charge on any atom is 0.431 e. The van der Waals surface area contributed by atoms with Gasteiger partial charge in [0.1, 0.15) is 5.69 Å². The fourth-order valence-corrected chi connectivity index (χ4v) is 2.85. The first-order valence-electron chi connectivity index (χ1n) is 7.04. The largest absolute Gasteiger partial charge is 0.431 e. The Bertz CT molecular complexity index is 857. The first-order chi connectivity index (χ1) is 10.3. The molecule has 0 saturated heterocycles. The van der Waals surface area contributed by atoms with E-state index in [1.807, 2.05) is 39.0 Å². The Balaban J connectivity index is 2.20. The zero-order chi connectivity index (χ0) is 16.1. The molecule has 0 unspecified atom stereocenters. The number of hydrogen-bond acceptors (Lipinski definition) is 0. The van der Waals surface area contributed by atoms with E-state index in [9.17, 15) is 13.2 Å². The molecule has 0 spiro atoms. The Morgan fingerprint density at radius 3 is 2.14 bits per heavy atom. The predicted octanol–water partition coefficient (Wildman–Crippen LogP) is 5.78. The molecular formula is C18H16F3N. The molecule has 0 amide bonds. The molecular weight excluding hydrogens is 287 g/mol. The van der Waals surface area contributed by atoms with E-state index in [2.05, 4.69) is 11.1 Å². The molecule has 0 saturated carbocycles. The number of fused-ring (bicyclic) bond motifs is 1. The van der Waals surface area contributed by atoms with Gasteiger partial charge in [-0.1, -0.05) is 23.8 Å². The van der Waals surface area contributed by atoms with Crippen LogP contribution in [0.25, 0.3) is 22.0 Å². The van der Waals surface area contributed by atoms with Gasteiger partial charge in [-0.3, -0.25) is 0 Å². The minimum Gasteiger partial charge on any atom is -0.351 e. The third kappa shape index (κ3) is 2.49. The fraction of sp³-hybridized carbons (Fsp3) is 0.222. The van der Waals surface area contributed by atoms with Crippen LogP contribution in [0.3, 0.4) is 0 Å². The third-order valence-corrected chi connectivity index (χ3v) is 3.94. The molecule has 0 aliphatic rings. The SMILES string of the molecule is Cc1ccc(-c2cc3cc(C(F)(F)F)[nH]c3cc2C)c(C)c1. The lowest BCUT2D eigenvalue weighted by Gasteiger charge is -2.10. The standard InChI is InChI=1S/C18H16F3N/c1-10-4-5-14(11(2)6-10)15-8-13-9-17(18(19,20)21)22-16(13)7-12(15)3/h4-9,22H,1-3H3. The average Bonchev–Trinajstić information content (AvgIpc) is 2.81. The van der Waals surface area contributed by atoms with Crippen molar-refractivity contribution in [3.63, 3.8) is 0 Å². The van der Waals surface area contributed by atoms with E-state index in [1.54, 1.807) is 6.07 Å². The minimum absolute atomic E-state index is 0.512. The van der Waals surface area contributed by atoms with Crippen LogP contribution in [-0.4, -0.2) is 4.98 Å². The van der Waals surface area contributed by atoms with Crippen LogP contribution < -0.4 is 0 Å². The maximum absolute atomic E-state index is 12.8. The number of alkyl halides is 3. The van der Waals surface area contributed by atoms with Crippen molar-refractivity contribution in [3.05, 3.63) is 58.8 Å². The van der Waals surface area contributed by atoms with E-state index < -0.39 is 11.9 Å². The van der Waals surface area contributed by atoms with Crippen LogP contribution in [0, 0.1) is 20.8 Å². The number of rotatable bonds is 1. The van der Waals surface area contributed by atoms with Gasteiger partial charge < -0.3 is 4.98 Å². The van der Waals surface area contributed by atoms with Gasteiger partial charge in [0, 0.05) is 10.9 Å². The highest BCUT2D eigenvalue weighted by Gasteiger charge is 2.32. The smallest absolute Gasteiger partial charge is 0.351 e. The highest BCUT2D eigenvalue weighted by molar-refractivity contribution is 5.88. The predicted molar refractivity (Wildman–Crippen MR) is 82.9 cm³/mol. The van der Waals surface area contributed by atoms with Crippen LogP contribution in [-0.2, 0) is 6.18 Å². The lowest BCUT2D eigenvalue weighted by molar-refractivity contribution is -0.140. The molecule has 0 fully saturated rings. The first kappa shape index (κ1) is 14.7. The van der Waals surface area contributed by atoms with Crippen molar-refractivity contribution in [1.29, 1.82) is 0 Å². The van der Waals surface area contributed by atoms with Gasteiger partial charge >= 0.3 is 6.18 Å². The van der Waals surface area contributed by atoms with E-state index in [-0.39, 0.29) is 0 Å². The number of halogens is 3. The van der Waals surface area contributed by atoms with Crippen molar-refractivity contribution in [2.45, 2.75) is 26.9 Å². The molecule has 1 N–H and O–H groups in total. The second-order valence-corrected chi connectivity index (χ2v) is 5.75. The highest BCUT2D eigenvalue weighted by Crippen LogP contribution is 2.35. The third-order valence-electron chi connectivity index (χ3n) is 3.94. The average molecular weight is 303 g/mol. The van der Waals surface area contributed by atoms with Crippen molar-refractivity contribution in [1.82, 2.24) is 4.98 Å². The number of nitrogens with one attached hydrogen (secondary N) is 1. The number of hydrogen-bond donors (Lipinski definition) is 1. The second kappa shape index (κ2) is 4.90. The van der Waals surface area contributed by atoms with E-state index in [1.165, 1.54) is 11.6 Å². The molecule has 0 atom stereocenters. The van der Waals surface area contributed by atoms with Crippen molar-refractivity contribution in [2.24, 2.45) is 0 Å². The Morgan fingerprint density at radius 1 is 0.818 bits per heavy atom. The summed E-state index contributed by atoms with van der Waals surface area (Å²) in [5.41, 5.74) is 5.07. The summed E-state index contributed by atoms with van der Waals surface area (Å²) in [6.45, 7) is 5.96. The Kier molecular flexibility index (Phi) is 3.28. The Hall–Kier alpha value is -2.23. The number of aromatic amines is 1. The van der Waals surface area contributed by atoms with Gasteiger partial charge in [-0.2, -0.15) is 13.2 Å². The number of benzene rings is 2. The van der Waals surface area contributed by atoms with Crippen LogP contribution in [0.5, 0.6) is 0 Å². The normalized spacial score (nSPS) is 12.1. The van der Waals surface area contributed by atoms with Crippen LogP contribution in [0.2, 0.25) is 0 Å². The Morgan fingerprint density at radius 2 is 1.50 bits per heavy atom. The lowest BCUT2D eigenvalue weighted by atomic mass is 9.94. The van der Waals surface area contributed by atoms with Gasteiger partial charge in [0.25, 0.3) is 0 Å². The molecule has 2 aromatic carbocycles.